The van der Waals surface area contributed by atoms with Gasteiger partial charge in [-0.2, -0.15) is 0 Å². The van der Waals surface area contributed by atoms with Crippen LogP contribution in [0.1, 0.15) is 15.9 Å². The van der Waals surface area contributed by atoms with E-state index in [0.29, 0.717) is 11.3 Å². The Morgan fingerprint density at radius 2 is 2.00 bits per heavy atom. The molecule has 0 aliphatic carbocycles. The molecular weight excluding hydrogens is 264 g/mol. The van der Waals surface area contributed by atoms with Gasteiger partial charge >= 0.3 is 0 Å². The number of carbonyl (C=O) groups excluding carboxylic acids is 1. The Morgan fingerprint density at radius 1 is 1.14 bits per heavy atom. The molecule has 2 aromatic carbocycles. The smallest absolute Gasteiger partial charge is 0.256 e. The van der Waals surface area contributed by atoms with Crippen LogP contribution in [0.25, 0.3) is 10.9 Å². The second-order valence-electron chi connectivity index (χ2n) is 4.83. The summed E-state index contributed by atoms with van der Waals surface area (Å²) in [5.41, 5.74) is 2.85. The summed E-state index contributed by atoms with van der Waals surface area (Å²) in [7, 11) is 0. The Morgan fingerprint density at radius 3 is 2.81 bits per heavy atom. The Hall–Kier alpha value is -2.88. The number of amides is 1. The second kappa shape index (κ2) is 5.25. The molecule has 0 bridgehead atoms. The molecule has 4 nitrogen and oxygen atoms in total. The maximum absolute atomic E-state index is 12.5. The third kappa shape index (κ3) is 2.56. The van der Waals surface area contributed by atoms with E-state index in [9.17, 15) is 9.90 Å². The zero-order valence-corrected chi connectivity index (χ0v) is 11.5. The van der Waals surface area contributed by atoms with E-state index in [4.69, 9.17) is 0 Å². The van der Waals surface area contributed by atoms with Crippen LogP contribution in [0.15, 0.2) is 54.7 Å². The van der Waals surface area contributed by atoms with Crippen LogP contribution in [-0.2, 0) is 0 Å². The number of carbonyl (C=O) groups is 1. The van der Waals surface area contributed by atoms with Crippen LogP contribution in [-0.4, -0.2) is 16.0 Å². The second-order valence-corrected chi connectivity index (χ2v) is 4.83. The Bertz CT molecular complexity index is 823. The third-order valence-corrected chi connectivity index (χ3v) is 3.35. The number of hydrogen-bond donors (Lipinski definition) is 2. The number of aromatic nitrogens is 1. The minimum absolute atomic E-state index is 0.180. The monoisotopic (exact) mass is 278 g/mol. The molecule has 4 heteroatoms. The molecule has 3 rings (SSSR count). The molecule has 0 fully saturated rings. The van der Waals surface area contributed by atoms with Crippen molar-refractivity contribution >= 4 is 22.5 Å². The lowest BCUT2D eigenvalue weighted by atomic mass is 10.1. The summed E-state index contributed by atoms with van der Waals surface area (Å²) in [6.45, 7) is 1.83. The number of nitrogens with zero attached hydrogens (tertiary/aromatic N) is 1. The fraction of sp³-hybridized carbons (Fsp3) is 0.0588. The van der Waals surface area contributed by atoms with Crippen molar-refractivity contribution in [3.63, 3.8) is 0 Å². The van der Waals surface area contributed by atoms with Crippen LogP contribution in [0.2, 0.25) is 0 Å². The topological polar surface area (TPSA) is 62.2 Å². The minimum Gasteiger partial charge on any atom is -0.508 e. The zero-order chi connectivity index (χ0) is 14.8. The molecule has 1 amide bonds. The van der Waals surface area contributed by atoms with Gasteiger partial charge in [-0.15, -0.1) is 0 Å². The number of nitrogens with one attached hydrogen (secondary N) is 1. The molecule has 1 aromatic heterocycles. The van der Waals surface area contributed by atoms with E-state index in [0.717, 1.165) is 16.5 Å². The van der Waals surface area contributed by atoms with Gasteiger partial charge in [0.1, 0.15) is 5.75 Å². The van der Waals surface area contributed by atoms with Crippen molar-refractivity contribution in [1.82, 2.24) is 4.98 Å². The minimum atomic E-state index is -0.192. The number of phenols is 1. The number of rotatable bonds is 2. The first kappa shape index (κ1) is 13.1. The zero-order valence-electron chi connectivity index (χ0n) is 11.5. The van der Waals surface area contributed by atoms with E-state index >= 15 is 0 Å². The van der Waals surface area contributed by atoms with Crippen LogP contribution in [0.4, 0.5) is 5.69 Å². The number of anilines is 1. The average molecular weight is 278 g/mol. The standard InChI is InChI=1S/C17H14N2O2/c1-11-10-12(20)7-8-15(11)19-17(21)14-4-2-6-16-13(14)5-3-9-18-16/h2-10,20H,1H3,(H,19,21). The van der Waals surface area contributed by atoms with Gasteiger partial charge in [-0.3, -0.25) is 9.78 Å². The van der Waals surface area contributed by atoms with Crippen molar-refractivity contribution < 1.29 is 9.90 Å². The van der Waals surface area contributed by atoms with Crippen LogP contribution < -0.4 is 5.32 Å². The van der Waals surface area contributed by atoms with E-state index in [2.05, 4.69) is 10.3 Å². The molecule has 0 spiro atoms. The first-order valence-electron chi connectivity index (χ1n) is 6.60. The molecule has 0 aliphatic rings. The predicted molar refractivity (Wildman–Crippen MR) is 82.5 cm³/mol. The summed E-state index contributed by atoms with van der Waals surface area (Å²) in [4.78, 5) is 16.7. The Balaban J connectivity index is 1.97. The first-order chi connectivity index (χ1) is 10.1. The molecule has 0 aliphatic heterocycles. The van der Waals surface area contributed by atoms with Crippen molar-refractivity contribution in [1.29, 1.82) is 0 Å². The Kier molecular flexibility index (Phi) is 3.28. The quantitative estimate of drug-likeness (QED) is 0.705. The molecule has 0 saturated carbocycles. The molecule has 0 atom stereocenters. The number of phenolic OH excluding ortho intramolecular Hbond substituents is 1. The maximum atomic E-state index is 12.5. The van der Waals surface area contributed by atoms with Crippen LogP contribution in [0, 0.1) is 6.92 Å². The molecule has 2 N–H and O–H groups in total. The first-order valence-corrected chi connectivity index (χ1v) is 6.60. The van der Waals surface area contributed by atoms with Gasteiger partial charge in [-0.05, 0) is 48.9 Å². The van der Waals surface area contributed by atoms with E-state index in [1.807, 2.05) is 31.2 Å². The number of aryl methyl sites for hydroxylation is 1. The largest absolute Gasteiger partial charge is 0.508 e. The van der Waals surface area contributed by atoms with Gasteiger partial charge in [-0.25, -0.2) is 0 Å². The van der Waals surface area contributed by atoms with Gasteiger partial charge in [0.05, 0.1) is 5.52 Å². The van der Waals surface area contributed by atoms with Crippen molar-refractivity contribution in [3.05, 3.63) is 65.9 Å². The number of fused-ring (bicyclic) bond motifs is 1. The highest BCUT2D eigenvalue weighted by molar-refractivity contribution is 6.12. The van der Waals surface area contributed by atoms with Crippen molar-refractivity contribution in [3.8, 4) is 5.75 Å². The maximum Gasteiger partial charge on any atom is 0.256 e. The molecule has 3 aromatic rings. The summed E-state index contributed by atoms with van der Waals surface area (Å²) in [6.07, 6.45) is 1.70. The molecule has 21 heavy (non-hydrogen) atoms. The van der Waals surface area contributed by atoms with Gasteiger partial charge in [-0.1, -0.05) is 12.1 Å². The van der Waals surface area contributed by atoms with Gasteiger partial charge in [0.25, 0.3) is 5.91 Å². The van der Waals surface area contributed by atoms with Gasteiger partial charge in [0.15, 0.2) is 0 Å². The molecule has 1 heterocycles. The lowest BCUT2D eigenvalue weighted by molar-refractivity contribution is 0.102. The van der Waals surface area contributed by atoms with Crippen molar-refractivity contribution in [2.75, 3.05) is 5.32 Å². The highest BCUT2D eigenvalue weighted by atomic mass is 16.3. The lowest BCUT2D eigenvalue weighted by Gasteiger charge is -2.10. The van der Waals surface area contributed by atoms with E-state index in [-0.39, 0.29) is 11.7 Å². The molecular formula is C17H14N2O2. The number of hydrogen-bond acceptors (Lipinski definition) is 3. The third-order valence-electron chi connectivity index (χ3n) is 3.35. The lowest BCUT2D eigenvalue weighted by Crippen LogP contribution is -2.13. The van der Waals surface area contributed by atoms with Gasteiger partial charge in [0, 0.05) is 22.8 Å². The summed E-state index contributed by atoms with van der Waals surface area (Å²) in [5, 5.41) is 13.1. The molecule has 0 saturated heterocycles. The number of aromatic hydroxyl groups is 1. The van der Waals surface area contributed by atoms with Crippen LogP contribution in [0.5, 0.6) is 5.75 Å². The summed E-state index contributed by atoms with van der Waals surface area (Å²) < 4.78 is 0. The summed E-state index contributed by atoms with van der Waals surface area (Å²) in [5.74, 6) is -0.0118. The van der Waals surface area contributed by atoms with Crippen LogP contribution >= 0.6 is 0 Å². The van der Waals surface area contributed by atoms with E-state index in [1.165, 1.54) is 0 Å². The molecule has 0 radical (unpaired) electrons. The number of pyridine rings is 1. The van der Waals surface area contributed by atoms with Crippen molar-refractivity contribution in [2.24, 2.45) is 0 Å². The van der Waals surface area contributed by atoms with E-state index in [1.54, 1.807) is 30.5 Å². The summed E-state index contributed by atoms with van der Waals surface area (Å²) in [6, 6.07) is 14.0. The van der Waals surface area contributed by atoms with E-state index < -0.39 is 0 Å². The van der Waals surface area contributed by atoms with Gasteiger partial charge in [0.2, 0.25) is 0 Å². The highest BCUT2D eigenvalue weighted by Crippen LogP contribution is 2.22. The summed E-state index contributed by atoms with van der Waals surface area (Å²) >= 11 is 0. The normalized spacial score (nSPS) is 10.5. The average Bonchev–Trinajstić information content (AvgIpc) is 2.49. The molecule has 0 unspecified atom stereocenters. The Labute approximate surface area is 122 Å². The highest BCUT2D eigenvalue weighted by Gasteiger charge is 2.11. The molecule has 104 valence electrons. The predicted octanol–water partition coefficient (Wildman–Crippen LogP) is 3.50. The van der Waals surface area contributed by atoms with Crippen LogP contribution in [0.3, 0.4) is 0 Å². The fourth-order valence-corrected chi connectivity index (χ4v) is 2.28. The van der Waals surface area contributed by atoms with Gasteiger partial charge < -0.3 is 10.4 Å². The van der Waals surface area contributed by atoms with Crippen molar-refractivity contribution in [2.45, 2.75) is 6.92 Å². The number of benzene rings is 2. The fourth-order valence-electron chi connectivity index (χ4n) is 2.28. The SMILES string of the molecule is Cc1cc(O)ccc1NC(=O)c1cccc2ncccc12.